The number of methoxy groups -OCH3 is 1. The van der Waals surface area contributed by atoms with Gasteiger partial charge < -0.3 is 21.1 Å². The zero-order chi connectivity index (χ0) is 16.9. The average Bonchev–Trinajstić information content (AvgIpc) is 2.80. The zero-order valence-electron chi connectivity index (χ0n) is 13.1. The molecule has 0 aromatic heterocycles. The zero-order valence-corrected chi connectivity index (χ0v) is 13.1. The highest BCUT2D eigenvalue weighted by Crippen LogP contribution is 2.18. The Morgan fingerprint density at radius 1 is 1.55 bits per heavy atom. The highest BCUT2D eigenvalue weighted by atomic mass is 19.1. The summed E-state index contributed by atoms with van der Waals surface area (Å²) in [6, 6.07) is -2.05. The van der Waals surface area contributed by atoms with Gasteiger partial charge >= 0.3 is 5.97 Å². The van der Waals surface area contributed by atoms with E-state index < -0.39 is 29.6 Å². The number of hydrogen-bond donors (Lipinski definition) is 3. The van der Waals surface area contributed by atoms with Crippen molar-refractivity contribution in [1.82, 2.24) is 10.6 Å². The van der Waals surface area contributed by atoms with Gasteiger partial charge in [-0.25, -0.2) is 9.18 Å². The van der Waals surface area contributed by atoms with Gasteiger partial charge in [-0.3, -0.25) is 9.59 Å². The van der Waals surface area contributed by atoms with Crippen LogP contribution in [0.15, 0.2) is 0 Å². The Bertz CT molecular complexity index is 436. The molecular formula is C14H24FN3O4. The summed E-state index contributed by atoms with van der Waals surface area (Å²) >= 11 is 0. The van der Waals surface area contributed by atoms with Gasteiger partial charge in [0.1, 0.15) is 11.7 Å². The first-order chi connectivity index (χ1) is 10.1. The van der Waals surface area contributed by atoms with Crippen LogP contribution in [0, 0.1) is 5.92 Å². The van der Waals surface area contributed by atoms with Crippen molar-refractivity contribution in [2.75, 3.05) is 13.7 Å². The Kier molecular flexibility index (Phi) is 6.28. The third-order valence-corrected chi connectivity index (χ3v) is 3.53. The van der Waals surface area contributed by atoms with E-state index in [1.807, 2.05) is 0 Å². The number of nitrogens with one attached hydrogen (secondary N) is 2. The van der Waals surface area contributed by atoms with Gasteiger partial charge in [0, 0.05) is 18.9 Å². The third-order valence-electron chi connectivity index (χ3n) is 3.53. The largest absolute Gasteiger partial charge is 0.467 e. The maximum Gasteiger partial charge on any atom is 0.328 e. The molecule has 2 unspecified atom stereocenters. The molecule has 7 nitrogen and oxygen atoms in total. The van der Waals surface area contributed by atoms with Gasteiger partial charge in [0.05, 0.1) is 13.2 Å². The molecule has 0 aromatic rings. The molecule has 0 spiro atoms. The number of amides is 2. The van der Waals surface area contributed by atoms with Gasteiger partial charge in [0.2, 0.25) is 11.8 Å². The highest BCUT2D eigenvalue weighted by molar-refractivity contribution is 5.88. The normalized spacial score (nSPS) is 21.0. The van der Waals surface area contributed by atoms with Gasteiger partial charge in [-0.05, 0) is 26.7 Å². The van der Waals surface area contributed by atoms with E-state index in [1.165, 1.54) is 21.0 Å². The monoisotopic (exact) mass is 317 g/mol. The molecule has 4 N–H and O–H groups in total. The van der Waals surface area contributed by atoms with Gasteiger partial charge in [-0.2, -0.15) is 0 Å². The molecule has 1 fully saturated rings. The number of esters is 1. The number of carbonyl (C=O) groups excluding carboxylic acids is 3. The molecule has 0 aliphatic carbocycles. The number of halogens is 1. The van der Waals surface area contributed by atoms with Crippen molar-refractivity contribution < 1.29 is 23.5 Å². The summed E-state index contributed by atoms with van der Waals surface area (Å²) in [6.07, 6.45) is 0.554. The summed E-state index contributed by atoms with van der Waals surface area (Å²) in [6.45, 7) is 3.18. The predicted molar refractivity (Wildman–Crippen MR) is 77.5 cm³/mol. The van der Waals surface area contributed by atoms with Crippen molar-refractivity contribution in [3.8, 4) is 0 Å². The van der Waals surface area contributed by atoms with Gasteiger partial charge in [-0.1, -0.05) is 0 Å². The number of rotatable bonds is 7. The molecule has 1 saturated heterocycles. The Labute approximate surface area is 129 Å². The van der Waals surface area contributed by atoms with Crippen LogP contribution in [0.4, 0.5) is 4.39 Å². The minimum absolute atomic E-state index is 0.135. The van der Waals surface area contributed by atoms with Crippen molar-refractivity contribution in [3.63, 3.8) is 0 Å². The fourth-order valence-electron chi connectivity index (χ4n) is 2.41. The summed E-state index contributed by atoms with van der Waals surface area (Å²) < 4.78 is 18.2. The molecule has 0 radical (unpaired) electrons. The van der Waals surface area contributed by atoms with E-state index in [4.69, 9.17) is 5.73 Å². The van der Waals surface area contributed by atoms with E-state index >= 15 is 0 Å². The van der Waals surface area contributed by atoms with E-state index in [1.54, 1.807) is 0 Å². The quantitative estimate of drug-likeness (QED) is 0.555. The summed E-state index contributed by atoms with van der Waals surface area (Å²) in [5, 5.41) is 5.11. The van der Waals surface area contributed by atoms with Crippen LogP contribution in [0.3, 0.4) is 0 Å². The summed E-state index contributed by atoms with van der Waals surface area (Å²) in [7, 11) is 1.20. The summed E-state index contributed by atoms with van der Waals surface area (Å²) in [5.41, 5.74) is 4.05. The third kappa shape index (κ3) is 5.59. The SMILES string of the molecule is COC(=O)C(C[C@@H]1CCNC1=O)NC(=O)C(N)CC(C)(C)F. The molecule has 22 heavy (non-hydrogen) atoms. The molecule has 0 aromatic carbocycles. The lowest BCUT2D eigenvalue weighted by molar-refractivity contribution is -0.146. The van der Waals surface area contributed by atoms with E-state index in [-0.39, 0.29) is 24.7 Å². The molecule has 1 rings (SSSR count). The fourth-order valence-corrected chi connectivity index (χ4v) is 2.41. The van der Waals surface area contributed by atoms with Crippen molar-refractivity contribution >= 4 is 17.8 Å². The van der Waals surface area contributed by atoms with Gasteiger partial charge in [0.25, 0.3) is 0 Å². The first-order valence-electron chi connectivity index (χ1n) is 7.24. The molecule has 1 heterocycles. The van der Waals surface area contributed by atoms with E-state index in [9.17, 15) is 18.8 Å². The fraction of sp³-hybridized carbons (Fsp3) is 0.786. The highest BCUT2D eigenvalue weighted by Gasteiger charge is 2.33. The van der Waals surface area contributed by atoms with E-state index in [0.717, 1.165) is 0 Å². The first kappa shape index (κ1) is 18.3. The minimum Gasteiger partial charge on any atom is -0.467 e. The van der Waals surface area contributed by atoms with Crippen LogP contribution in [-0.4, -0.2) is 49.2 Å². The van der Waals surface area contributed by atoms with Crippen LogP contribution in [0.25, 0.3) is 0 Å². The lowest BCUT2D eigenvalue weighted by Crippen LogP contribution is -2.51. The van der Waals surface area contributed by atoms with Crippen molar-refractivity contribution in [3.05, 3.63) is 0 Å². The first-order valence-corrected chi connectivity index (χ1v) is 7.24. The number of nitrogens with two attached hydrogens (primary N) is 1. The minimum atomic E-state index is -1.59. The maximum atomic E-state index is 13.5. The van der Waals surface area contributed by atoms with Crippen molar-refractivity contribution in [1.29, 1.82) is 0 Å². The van der Waals surface area contributed by atoms with Crippen molar-refractivity contribution in [2.24, 2.45) is 11.7 Å². The number of carbonyl (C=O) groups is 3. The van der Waals surface area contributed by atoms with Crippen LogP contribution in [0.1, 0.15) is 33.1 Å². The number of ether oxygens (including phenoxy) is 1. The smallest absolute Gasteiger partial charge is 0.328 e. The Morgan fingerprint density at radius 3 is 2.64 bits per heavy atom. The van der Waals surface area contributed by atoms with Crippen LogP contribution >= 0.6 is 0 Å². The van der Waals surface area contributed by atoms with E-state index in [2.05, 4.69) is 15.4 Å². The molecule has 1 aliphatic heterocycles. The molecule has 8 heteroatoms. The number of hydrogen-bond acceptors (Lipinski definition) is 5. The molecule has 1 aliphatic rings. The maximum absolute atomic E-state index is 13.5. The predicted octanol–water partition coefficient (Wildman–Crippen LogP) is -0.364. The topological polar surface area (TPSA) is 111 Å². The van der Waals surface area contributed by atoms with Crippen molar-refractivity contribution in [2.45, 2.75) is 50.9 Å². The van der Waals surface area contributed by atoms with Crippen LogP contribution < -0.4 is 16.4 Å². The lowest BCUT2D eigenvalue weighted by atomic mass is 9.97. The Hall–Kier alpha value is -1.70. The van der Waals surface area contributed by atoms with Crippen LogP contribution in [-0.2, 0) is 19.1 Å². The molecule has 2 amide bonds. The van der Waals surface area contributed by atoms with E-state index in [0.29, 0.717) is 13.0 Å². The van der Waals surface area contributed by atoms with Crippen LogP contribution in [0.5, 0.6) is 0 Å². The van der Waals surface area contributed by atoms with Crippen LogP contribution in [0.2, 0.25) is 0 Å². The molecule has 3 atom stereocenters. The summed E-state index contributed by atoms with van der Waals surface area (Å²) in [5.74, 6) is -1.81. The lowest BCUT2D eigenvalue weighted by Gasteiger charge is -2.23. The standard InChI is InChI=1S/C14H24FN3O4/c1-14(2,15)7-9(16)12(20)18-10(13(21)22-3)6-8-4-5-17-11(8)19/h8-10H,4-7,16H2,1-3H3,(H,17,19)(H,18,20)/t8-,9?,10?/m0/s1. The molecule has 126 valence electrons. The molecule has 0 saturated carbocycles. The Balaban J connectivity index is 2.66. The van der Waals surface area contributed by atoms with Gasteiger partial charge in [-0.15, -0.1) is 0 Å². The second kappa shape index (κ2) is 7.53. The molecule has 0 bridgehead atoms. The number of alkyl halides is 1. The van der Waals surface area contributed by atoms with Gasteiger partial charge in [0.15, 0.2) is 0 Å². The molecular weight excluding hydrogens is 293 g/mol. The second-order valence-corrected chi connectivity index (χ2v) is 6.13. The average molecular weight is 317 g/mol. The Morgan fingerprint density at radius 2 is 2.18 bits per heavy atom. The summed E-state index contributed by atoms with van der Waals surface area (Å²) in [4.78, 5) is 35.3. The second-order valence-electron chi connectivity index (χ2n) is 6.13.